The minimum absolute atomic E-state index is 0.0723. The summed E-state index contributed by atoms with van der Waals surface area (Å²) in [5.41, 5.74) is 0. The van der Waals surface area contributed by atoms with Crippen LogP contribution in [0.25, 0.3) is 0 Å². The van der Waals surface area contributed by atoms with E-state index in [1.54, 1.807) is 0 Å². The molecule has 5 heteroatoms. The molecule has 106 valence electrons. The first-order chi connectivity index (χ1) is 8.37. The smallest absolute Gasteiger partial charge is 0.313 e. The predicted molar refractivity (Wildman–Crippen MR) is 65.4 cm³/mol. The number of alkyl halides is 3. The van der Waals surface area contributed by atoms with Gasteiger partial charge in [-0.25, -0.2) is 0 Å². The van der Waals surface area contributed by atoms with Gasteiger partial charge in [-0.1, -0.05) is 0 Å². The van der Waals surface area contributed by atoms with Gasteiger partial charge in [0, 0.05) is 31.7 Å². The molecule has 0 aromatic rings. The lowest BCUT2D eigenvalue weighted by atomic mass is 9.91. The highest BCUT2D eigenvalue weighted by molar-refractivity contribution is 4.97. The average Bonchev–Trinajstić information content (AvgIpc) is 2.48. The van der Waals surface area contributed by atoms with Crippen molar-refractivity contribution >= 4 is 0 Å². The standard InChI is InChI=1S/C13H23F3N2/c1-9(2)18-7-10-3-4-11(8-18)12(10)17-6-5-13(14,15)16/h9-12,17H,3-8H2,1-2H3/t10-,11+,12?. The van der Waals surface area contributed by atoms with Gasteiger partial charge in [0.15, 0.2) is 0 Å². The maximum absolute atomic E-state index is 12.1. The molecule has 0 radical (unpaired) electrons. The summed E-state index contributed by atoms with van der Waals surface area (Å²) in [5.74, 6) is 1.08. The molecule has 2 fully saturated rings. The molecular weight excluding hydrogens is 241 g/mol. The molecule has 1 N–H and O–H groups in total. The van der Waals surface area contributed by atoms with Crippen LogP contribution in [0.2, 0.25) is 0 Å². The third-order valence-corrected chi connectivity index (χ3v) is 4.38. The third-order valence-electron chi connectivity index (χ3n) is 4.38. The van der Waals surface area contributed by atoms with Crippen molar-refractivity contribution in [2.45, 2.75) is 51.4 Å². The molecule has 0 aromatic heterocycles. The Bertz CT molecular complexity index is 264. The van der Waals surface area contributed by atoms with Crippen LogP contribution in [0, 0.1) is 11.8 Å². The predicted octanol–water partition coefficient (Wildman–Crippen LogP) is 2.65. The van der Waals surface area contributed by atoms with Crippen LogP contribution in [0.1, 0.15) is 33.1 Å². The second-order valence-corrected chi connectivity index (χ2v) is 5.99. The van der Waals surface area contributed by atoms with Crippen molar-refractivity contribution in [2.24, 2.45) is 11.8 Å². The molecule has 1 aliphatic carbocycles. The highest BCUT2D eigenvalue weighted by atomic mass is 19.4. The quantitative estimate of drug-likeness (QED) is 0.839. The van der Waals surface area contributed by atoms with Crippen molar-refractivity contribution in [1.29, 1.82) is 0 Å². The Labute approximate surface area is 107 Å². The normalized spacial score (nSPS) is 33.3. The molecule has 2 aliphatic rings. The average molecular weight is 264 g/mol. The van der Waals surface area contributed by atoms with Gasteiger partial charge in [0.1, 0.15) is 0 Å². The molecule has 0 aromatic carbocycles. The fourth-order valence-corrected chi connectivity index (χ4v) is 3.39. The number of nitrogens with zero attached hydrogens (tertiary/aromatic N) is 1. The molecule has 1 saturated heterocycles. The van der Waals surface area contributed by atoms with Gasteiger partial charge >= 0.3 is 6.18 Å². The van der Waals surface area contributed by atoms with Crippen LogP contribution in [0.15, 0.2) is 0 Å². The van der Waals surface area contributed by atoms with E-state index in [-0.39, 0.29) is 6.54 Å². The Morgan fingerprint density at radius 1 is 1.17 bits per heavy atom. The van der Waals surface area contributed by atoms with E-state index in [1.165, 1.54) is 0 Å². The van der Waals surface area contributed by atoms with Crippen LogP contribution in [0.3, 0.4) is 0 Å². The number of rotatable bonds is 4. The maximum Gasteiger partial charge on any atom is 0.390 e. The van der Waals surface area contributed by atoms with Crippen molar-refractivity contribution in [3.8, 4) is 0 Å². The number of halogens is 3. The highest BCUT2D eigenvalue weighted by Crippen LogP contribution is 2.37. The van der Waals surface area contributed by atoms with Gasteiger partial charge in [-0.2, -0.15) is 13.2 Å². The van der Waals surface area contributed by atoms with E-state index in [2.05, 4.69) is 24.1 Å². The number of nitrogens with one attached hydrogen (secondary N) is 1. The minimum atomic E-state index is -4.04. The van der Waals surface area contributed by atoms with Gasteiger partial charge in [-0.05, 0) is 38.5 Å². The Morgan fingerprint density at radius 3 is 2.17 bits per heavy atom. The maximum atomic E-state index is 12.1. The first-order valence-electron chi connectivity index (χ1n) is 6.91. The fraction of sp³-hybridized carbons (Fsp3) is 1.00. The van der Waals surface area contributed by atoms with Crippen molar-refractivity contribution < 1.29 is 13.2 Å². The monoisotopic (exact) mass is 264 g/mol. The zero-order valence-electron chi connectivity index (χ0n) is 11.1. The minimum Gasteiger partial charge on any atom is -0.313 e. The topological polar surface area (TPSA) is 15.3 Å². The highest BCUT2D eigenvalue weighted by Gasteiger charge is 2.42. The summed E-state index contributed by atoms with van der Waals surface area (Å²) in [5, 5.41) is 3.15. The van der Waals surface area contributed by atoms with E-state index < -0.39 is 12.6 Å². The summed E-state index contributed by atoms with van der Waals surface area (Å²) in [6.45, 7) is 6.53. The van der Waals surface area contributed by atoms with Gasteiger partial charge in [0.2, 0.25) is 0 Å². The Kier molecular flexibility index (Phi) is 4.22. The third kappa shape index (κ3) is 3.38. The molecule has 3 atom stereocenters. The number of likely N-dealkylation sites (tertiary alicyclic amines) is 1. The Morgan fingerprint density at radius 2 is 1.72 bits per heavy atom. The van der Waals surface area contributed by atoms with Crippen molar-refractivity contribution in [2.75, 3.05) is 19.6 Å². The first-order valence-corrected chi connectivity index (χ1v) is 6.91. The molecule has 1 saturated carbocycles. The number of fused-ring (bicyclic) bond motifs is 2. The van der Waals surface area contributed by atoms with E-state index in [0.717, 1.165) is 25.9 Å². The molecule has 1 heterocycles. The van der Waals surface area contributed by atoms with Crippen LogP contribution >= 0.6 is 0 Å². The van der Waals surface area contributed by atoms with Gasteiger partial charge < -0.3 is 10.2 Å². The summed E-state index contributed by atoms with van der Waals surface area (Å²) in [4.78, 5) is 2.46. The van der Waals surface area contributed by atoms with E-state index >= 15 is 0 Å². The fourth-order valence-electron chi connectivity index (χ4n) is 3.39. The van der Waals surface area contributed by atoms with Crippen LogP contribution in [0.5, 0.6) is 0 Å². The van der Waals surface area contributed by atoms with Gasteiger partial charge in [0.25, 0.3) is 0 Å². The van der Waals surface area contributed by atoms with E-state index in [9.17, 15) is 13.2 Å². The molecule has 1 unspecified atom stereocenters. The molecule has 2 nitrogen and oxygen atoms in total. The number of hydrogen-bond donors (Lipinski definition) is 1. The molecule has 1 aliphatic heterocycles. The number of hydrogen-bond acceptors (Lipinski definition) is 2. The molecule has 2 rings (SSSR count). The summed E-state index contributed by atoms with van der Waals surface area (Å²) >= 11 is 0. The van der Waals surface area contributed by atoms with Gasteiger partial charge in [-0.15, -0.1) is 0 Å². The second kappa shape index (κ2) is 5.37. The zero-order valence-corrected chi connectivity index (χ0v) is 11.1. The van der Waals surface area contributed by atoms with Crippen molar-refractivity contribution in [3.05, 3.63) is 0 Å². The lowest BCUT2D eigenvalue weighted by Gasteiger charge is -2.40. The van der Waals surface area contributed by atoms with E-state index in [1.807, 2.05) is 0 Å². The first kappa shape index (κ1) is 14.1. The lowest BCUT2D eigenvalue weighted by Crippen LogP contribution is -2.53. The van der Waals surface area contributed by atoms with Crippen LogP contribution < -0.4 is 5.32 Å². The molecule has 2 bridgehead atoms. The summed E-state index contributed by atoms with van der Waals surface area (Å²) in [6.07, 6.45) is -2.42. The van der Waals surface area contributed by atoms with Gasteiger partial charge in [-0.3, -0.25) is 0 Å². The zero-order chi connectivity index (χ0) is 13.3. The Balaban J connectivity index is 1.82. The Hall–Kier alpha value is -0.290. The molecular formula is C13H23F3N2. The van der Waals surface area contributed by atoms with Crippen molar-refractivity contribution in [1.82, 2.24) is 10.2 Å². The summed E-state index contributed by atoms with van der Waals surface area (Å²) in [6, 6.07) is 0.853. The SMILES string of the molecule is CC(C)N1C[C@H]2CC[C@@H](C1)C2NCCC(F)(F)F. The number of piperidine rings is 1. The second-order valence-electron chi connectivity index (χ2n) is 5.99. The molecule has 18 heavy (non-hydrogen) atoms. The lowest BCUT2D eigenvalue weighted by molar-refractivity contribution is -0.134. The van der Waals surface area contributed by atoms with Crippen LogP contribution in [-0.4, -0.2) is 42.8 Å². The van der Waals surface area contributed by atoms with Gasteiger partial charge in [0.05, 0.1) is 6.42 Å². The molecule has 0 spiro atoms. The summed E-state index contributed by atoms with van der Waals surface area (Å²) in [7, 11) is 0. The molecule has 0 amide bonds. The summed E-state index contributed by atoms with van der Waals surface area (Å²) < 4.78 is 36.4. The van der Waals surface area contributed by atoms with Crippen molar-refractivity contribution in [3.63, 3.8) is 0 Å². The largest absolute Gasteiger partial charge is 0.390 e. The van der Waals surface area contributed by atoms with Crippen LogP contribution in [0.4, 0.5) is 13.2 Å². The van der Waals surface area contributed by atoms with Crippen LogP contribution in [-0.2, 0) is 0 Å². The van der Waals surface area contributed by atoms with E-state index in [4.69, 9.17) is 0 Å². The van der Waals surface area contributed by atoms with E-state index in [0.29, 0.717) is 23.9 Å².